The van der Waals surface area contributed by atoms with Crippen molar-refractivity contribution in [1.82, 2.24) is 0 Å². The van der Waals surface area contributed by atoms with E-state index in [-0.39, 0.29) is 11.7 Å². The quantitative estimate of drug-likeness (QED) is 0.831. The number of carbonyl (C=O) groups is 1. The monoisotopic (exact) mass is 211 g/mol. The number of carbonyl (C=O) groups excluding carboxylic acids is 1. The molecule has 0 bridgehead atoms. The van der Waals surface area contributed by atoms with E-state index in [0.29, 0.717) is 18.0 Å². The maximum Gasteiger partial charge on any atom is 0.130 e. The van der Waals surface area contributed by atoms with Gasteiger partial charge in [0.15, 0.2) is 0 Å². The van der Waals surface area contributed by atoms with Gasteiger partial charge in [-0.1, -0.05) is 23.7 Å². The summed E-state index contributed by atoms with van der Waals surface area (Å²) in [7, 11) is 0. The fourth-order valence-corrected chi connectivity index (χ4v) is 1.55. The van der Waals surface area contributed by atoms with Gasteiger partial charge in [0.1, 0.15) is 5.78 Å². The van der Waals surface area contributed by atoms with Crippen molar-refractivity contribution in [2.75, 3.05) is 6.54 Å². The van der Waals surface area contributed by atoms with E-state index in [4.69, 9.17) is 17.3 Å². The minimum atomic E-state index is 0.116. The SMILES string of the molecule is CC(=O)CC(CN)c1ccc(Cl)cc1. The third-order valence-corrected chi connectivity index (χ3v) is 2.41. The first-order chi connectivity index (χ1) is 6.63. The van der Waals surface area contributed by atoms with Crippen LogP contribution in [0.5, 0.6) is 0 Å². The molecule has 0 aromatic heterocycles. The molecule has 2 N–H and O–H groups in total. The van der Waals surface area contributed by atoms with E-state index in [9.17, 15) is 4.79 Å². The van der Waals surface area contributed by atoms with Gasteiger partial charge >= 0.3 is 0 Å². The van der Waals surface area contributed by atoms with Crippen molar-refractivity contribution in [2.45, 2.75) is 19.3 Å². The Labute approximate surface area is 89.1 Å². The van der Waals surface area contributed by atoms with Gasteiger partial charge in [-0.2, -0.15) is 0 Å². The molecule has 0 aliphatic rings. The van der Waals surface area contributed by atoms with E-state index in [1.165, 1.54) is 0 Å². The van der Waals surface area contributed by atoms with Gasteiger partial charge in [-0.3, -0.25) is 0 Å². The Kier molecular flexibility index (Phi) is 4.11. The molecular weight excluding hydrogens is 198 g/mol. The van der Waals surface area contributed by atoms with Crippen molar-refractivity contribution in [1.29, 1.82) is 0 Å². The lowest BCUT2D eigenvalue weighted by molar-refractivity contribution is -0.117. The third kappa shape index (κ3) is 3.13. The lowest BCUT2D eigenvalue weighted by Gasteiger charge is -2.13. The molecule has 0 aliphatic heterocycles. The summed E-state index contributed by atoms with van der Waals surface area (Å²) in [5.74, 6) is 0.278. The van der Waals surface area contributed by atoms with Gasteiger partial charge in [-0.15, -0.1) is 0 Å². The molecule has 1 unspecified atom stereocenters. The first-order valence-corrected chi connectivity index (χ1v) is 4.96. The Morgan fingerprint density at radius 1 is 1.43 bits per heavy atom. The van der Waals surface area contributed by atoms with Crippen molar-refractivity contribution in [3.8, 4) is 0 Å². The van der Waals surface area contributed by atoms with Crippen LogP contribution in [-0.4, -0.2) is 12.3 Å². The molecule has 0 aliphatic carbocycles. The first-order valence-electron chi connectivity index (χ1n) is 4.58. The zero-order valence-corrected chi connectivity index (χ0v) is 8.92. The minimum absolute atomic E-state index is 0.116. The van der Waals surface area contributed by atoms with E-state index in [2.05, 4.69) is 0 Å². The van der Waals surface area contributed by atoms with Crippen molar-refractivity contribution < 1.29 is 4.79 Å². The van der Waals surface area contributed by atoms with Crippen LogP contribution in [-0.2, 0) is 4.79 Å². The van der Waals surface area contributed by atoms with Crippen LogP contribution >= 0.6 is 11.6 Å². The largest absolute Gasteiger partial charge is 0.330 e. The summed E-state index contributed by atoms with van der Waals surface area (Å²) < 4.78 is 0. The molecule has 1 atom stereocenters. The number of hydrogen-bond donors (Lipinski definition) is 1. The van der Waals surface area contributed by atoms with Crippen LogP contribution < -0.4 is 5.73 Å². The predicted molar refractivity (Wildman–Crippen MR) is 58.5 cm³/mol. The molecule has 2 nitrogen and oxygen atoms in total. The number of ketones is 1. The number of Topliss-reactive ketones (excluding diaryl/α,β-unsaturated/α-hetero) is 1. The van der Waals surface area contributed by atoms with Gasteiger partial charge in [-0.05, 0) is 31.2 Å². The maximum absolute atomic E-state index is 11.0. The van der Waals surface area contributed by atoms with Gasteiger partial charge in [0.05, 0.1) is 0 Å². The molecule has 0 saturated carbocycles. The molecule has 3 heteroatoms. The molecule has 1 aromatic rings. The summed E-state index contributed by atoms with van der Waals surface area (Å²) in [6.45, 7) is 2.07. The highest BCUT2D eigenvalue weighted by molar-refractivity contribution is 6.30. The van der Waals surface area contributed by atoms with Crippen LogP contribution in [0.1, 0.15) is 24.8 Å². The molecule has 0 heterocycles. The summed E-state index contributed by atoms with van der Waals surface area (Å²) >= 11 is 5.77. The fraction of sp³-hybridized carbons (Fsp3) is 0.364. The Balaban J connectivity index is 2.78. The topological polar surface area (TPSA) is 43.1 Å². The van der Waals surface area contributed by atoms with Crippen LogP contribution in [0, 0.1) is 0 Å². The number of benzene rings is 1. The number of halogens is 1. The standard InChI is InChI=1S/C11H14ClNO/c1-8(14)6-10(7-13)9-2-4-11(12)5-3-9/h2-5,10H,6-7,13H2,1H3. The summed E-state index contributed by atoms with van der Waals surface area (Å²) in [6, 6.07) is 7.48. The molecule has 0 spiro atoms. The number of nitrogens with two attached hydrogens (primary N) is 1. The second kappa shape index (κ2) is 5.13. The van der Waals surface area contributed by atoms with E-state index < -0.39 is 0 Å². The highest BCUT2D eigenvalue weighted by atomic mass is 35.5. The lowest BCUT2D eigenvalue weighted by Crippen LogP contribution is -2.15. The Bertz CT molecular complexity index is 308. The lowest BCUT2D eigenvalue weighted by atomic mass is 9.94. The molecule has 76 valence electrons. The van der Waals surface area contributed by atoms with Crippen molar-refractivity contribution in [3.05, 3.63) is 34.9 Å². The second-order valence-electron chi connectivity index (χ2n) is 3.39. The van der Waals surface area contributed by atoms with Crippen LogP contribution in [0.4, 0.5) is 0 Å². The van der Waals surface area contributed by atoms with Gasteiger partial charge in [-0.25, -0.2) is 0 Å². The smallest absolute Gasteiger partial charge is 0.130 e. The summed E-state index contributed by atoms with van der Waals surface area (Å²) in [4.78, 5) is 11.0. The first kappa shape index (κ1) is 11.2. The fourth-order valence-electron chi connectivity index (χ4n) is 1.42. The highest BCUT2D eigenvalue weighted by Gasteiger charge is 2.11. The van der Waals surface area contributed by atoms with Gasteiger partial charge in [0, 0.05) is 17.4 Å². The van der Waals surface area contributed by atoms with E-state index in [0.717, 1.165) is 5.56 Å². The molecule has 14 heavy (non-hydrogen) atoms. The predicted octanol–water partition coefficient (Wildman–Crippen LogP) is 2.36. The molecule has 0 amide bonds. The molecule has 1 rings (SSSR count). The van der Waals surface area contributed by atoms with E-state index in [1.54, 1.807) is 6.92 Å². The average Bonchev–Trinajstić information content (AvgIpc) is 2.15. The normalized spacial score (nSPS) is 12.5. The van der Waals surface area contributed by atoms with Crippen molar-refractivity contribution in [3.63, 3.8) is 0 Å². The van der Waals surface area contributed by atoms with Crippen LogP contribution in [0.25, 0.3) is 0 Å². The van der Waals surface area contributed by atoms with E-state index >= 15 is 0 Å². The van der Waals surface area contributed by atoms with Gasteiger partial charge in [0.25, 0.3) is 0 Å². The van der Waals surface area contributed by atoms with Crippen molar-refractivity contribution >= 4 is 17.4 Å². The zero-order chi connectivity index (χ0) is 10.6. The molecule has 1 aromatic carbocycles. The number of rotatable bonds is 4. The summed E-state index contributed by atoms with van der Waals surface area (Å²) in [5.41, 5.74) is 6.68. The van der Waals surface area contributed by atoms with Crippen LogP contribution in [0.3, 0.4) is 0 Å². The minimum Gasteiger partial charge on any atom is -0.330 e. The van der Waals surface area contributed by atoms with E-state index in [1.807, 2.05) is 24.3 Å². The van der Waals surface area contributed by atoms with Crippen LogP contribution in [0.2, 0.25) is 5.02 Å². The van der Waals surface area contributed by atoms with Crippen LogP contribution in [0.15, 0.2) is 24.3 Å². The molecule has 0 fully saturated rings. The van der Waals surface area contributed by atoms with Crippen molar-refractivity contribution in [2.24, 2.45) is 5.73 Å². The average molecular weight is 212 g/mol. The number of hydrogen-bond acceptors (Lipinski definition) is 2. The third-order valence-electron chi connectivity index (χ3n) is 2.16. The Morgan fingerprint density at radius 3 is 2.43 bits per heavy atom. The molecule has 0 saturated heterocycles. The van der Waals surface area contributed by atoms with Gasteiger partial charge in [0.2, 0.25) is 0 Å². The van der Waals surface area contributed by atoms with Gasteiger partial charge < -0.3 is 10.5 Å². The maximum atomic E-state index is 11.0. The Morgan fingerprint density at radius 2 is 2.00 bits per heavy atom. The zero-order valence-electron chi connectivity index (χ0n) is 8.16. The summed E-state index contributed by atoms with van der Waals surface area (Å²) in [6.07, 6.45) is 0.498. The second-order valence-corrected chi connectivity index (χ2v) is 3.83. The molecular formula is C11H14ClNO. The summed E-state index contributed by atoms with van der Waals surface area (Å²) in [5, 5.41) is 0.701. The molecule has 0 radical (unpaired) electrons. The Hall–Kier alpha value is -0.860. The highest BCUT2D eigenvalue weighted by Crippen LogP contribution is 2.20.